The fraction of sp³-hybridized carbons (Fsp3) is 0.476. The monoisotopic (exact) mass is 470 g/mol. The summed E-state index contributed by atoms with van der Waals surface area (Å²) >= 11 is 6.11. The highest BCUT2D eigenvalue weighted by atomic mass is 35.5. The van der Waals surface area contributed by atoms with E-state index in [1.54, 1.807) is 4.90 Å². The Balaban J connectivity index is 1.34. The number of hydrogen-bond acceptors (Lipinski definition) is 4. The molecule has 1 aromatic heterocycles. The summed E-state index contributed by atoms with van der Waals surface area (Å²) in [5.41, 5.74) is -0.225. The summed E-state index contributed by atoms with van der Waals surface area (Å²) in [6.45, 7) is 3.16. The van der Waals surface area contributed by atoms with Crippen molar-refractivity contribution < 1.29 is 27.9 Å². The standard InChI is InChI=1S/C21H22ClF3N4O3/c22-16-11-15(21(23,24)25)2-1-14(16)12-27-8-4-20(13-27)5-9-28(10-6-20)19(32)29-7-3-17(26-29)18(30)31/h1-3,7,11H,4-6,8-10,12-13H2,(H,30,31). The van der Waals surface area contributed by atoms with Crippen LogP contribution in [0.5, 0.6) is 0 Å². The number of alkyl halides is 3. The van der Waals surface area contributed by atoms with Crippen LogP contribution in [0, 0.1) is 5.41 Å². The van der Waals surface area contributed by atoms with Crippen LogP contribution >= 0.6 is 11.6 Å². The van der Waals surface area contributed by atoms with Gasteiger partial charge in [-0.2, -0.15) is 23.0 Å². The molecule has 1 N–H and O–H groups in total. The highest BCUT2D eigenvalue weighted by molar-refractivity contribution is 6.31. The first-order chi connectivity index (χ1) is 15.1. The third-order valence-corrected chi connectivity index (χ3v) is 6.74. The van der Waals surface area contributed by atoms with E-state index in [2.05, 4.69) is 10.00 Å². The molecule has 32 heavy (non-hydrogen) atoms. The molecule has 0 unspecified atom stereocenters. The minimum absolute atomic E-state index is 0.0471. The quantitative estimate of drug-likeness (QED) is 0.727. The van der Waals surface area contributed by atoms with E-state index in [0.29, 0.717) is 25.2 Å². The van der Waals surface area contributed by atoms with Gasteiger partial charge >= 0.3 is 18.2 Å². The SMILES string of the molecule is O=C(O)c1ccn(C(=O)N2CCC3(CCN(Cc4ccc(C(F)(F)F)cc4Cl)C3)CC2)n1. The lowest BCUT2D eigenvalue weighted by Crippen LogP contribution is -2.45. The molecule has 0 saturated carbocycles. The molecular formula is C21H22ClF3N4O3. The van der Waals surface area contributed by atoms with Gasteiger partial charge in [0.2, 0.25) is 0 Å². The van der Waals surface area contributed by atoms with Crippen LogP contribution in [0.4, 0.5) is 18.0 Å². The molecular weight excluding hydrogens is 449 g/mol. The van der Waals surface area contributed by atoms with Crippen LogP contribution in [0.3, 0.4) is 0 Å². The lowest BCUT2D eigenvalue weighted by Gasteiger charge is -2.39. The van der Waals surface area contributed by atoms with Crippen molar-refractivity contribution in [3.63, 3.8) is 0 Å². The van der Waals surface area contributed by atoms with E-state index >= 15 is 0 Å². The van der Waals surface area contributed by atoms with Crippen LogP contribution in [0.25, 0.3) is 0 Å². The number of carbonyl (C=O) groups excluding carboxylic acids is 1. The van der Waals surface area contributed by atoms with Gasteiger partial charge in [-0.05, 0) is 55.0 Å². The number of amides is 1. The molecule has 2 fully saturated rings. The number of piperidine rings is 1. The average Bonchev–Trinajstić information content (AvgIpc) is 3.37. The first-order valence-electron chi connectivity index (χ1n) is 10.2. The van der Waals surface area contributed by atoms with Crippen molar-refractivity contribution in [3.8, 4) is 0 Å². The maximum atomic E-state index is 12.8. The number of hydrogen-bond donors (Lipinski definition) is 1. The molecule has 7 nitrogen and oxygen atoms in total. The number of likely N-dealkylation sites (tertiary alicyclic amines) is 2. The Kier molecular flexibility index (Phi) is 5.93. The van der Waals surface area contributed by atoms with Crippen LogP contribution in [-0.2, 0) is 12.7 Å². The summed E-state index contributed by atoms with van der Waals surface area (Å²) in [5.74, 6) is -1.19. The summed E-state index contributed by atoms with van der Waals surface area (Å²) in [6, 6.07) is 4.40. The summed E-state index contributed by atoms with van der Waals surface area (Å²) in [5, 5.41) is 12.9. The average molecular weight is 471 g/mol. The molecule has 0 bridgehead atoms. The number of nitrogens with zero attached hydrogens (tertiary/aromatic N) is 4. The van der Waals surface area contributed by atoms with Crippen LogP contribution in [0.15, 0.2) is 30.5 Å². The van der Waals surface area contributed by atoms with Crippen LogP contribution in [0.2, 0.25) is 5.02 Å². The van der Waals surface area contributed by atoms with Crippen molar-refractivity contribution in [3.05, 3.63) is 52.3 Å². The van der Waals surface area contributed by atoms with E-state index in [1.165, 1.54) is 18.3 Å². The van der Waals surface area contributed by atoms with Crippen molar-refractivity contribution >= 4 is 23.6 Å². The molecule has 2 saturated heterocycles. The normalized spacial score (nSPS) is 18.9. The number of aromatic nitrogens is 2. The third kappa shape index (κ3) is 4.61. The van der Waals surface area contributed by atoms with E-state index < -0.39 is 17.7 Å². The number of rotatable bonds is 3. The summed E-state index contributed by atoms with van der Waals surface area (Å²) < 4.78 is 39.6. The third-order valence-electron chi connectivity index (χ3n) is 6.39. The zero-order valence-corrected chi connectivity index (χ0v) is 17.9. The van der Waals surface area contributed by atoms with Gasteiger partial charge in [0.15, 0.2) is 5.69 Å². The Morgan fingerprint density at radius 2 is 1.81 bits per heavy atom. The number of aromatic carboxylic acids is 1. The largest absolute Gasteiger partial charge is 0.476 e. The molecule has 1 aromatic carbocycles. The second kappa shape index (κ2) is 8.40. The van der Waals surface area contributed by atoms with Gasteiger partial charge in [-0.3, -0.25) is 4.90 Å². The van der Waals surface area contributed by atoms with Crippen LogP contribution in [-0.4, -0.2) is 62.9 Å². The van der Waals surface area contributed by atoms with E-state index in [0.717, 1.165) is 49.2 Å². The number of benzene rings is 1. The lowest BCUT2D eigenvalue weighted by molar-refractivity contribution is -0.137. The van der Waals surface area contributed by atoms with Crippen molar-refractivity contribution in [1.82, 2.24) is 19.6 Å². The van der Waals surface area contributed by atoms with Gasteiger partial charge < -0.3 is 10.0 Å². The minimum atomic E-state index is -4.42. The Morgan fingerprint density at radius 1 is 1.12 bits per heavy atom. The topological polar surface area (TPSA) is 78.7 Å². The molecule has 3 heterocycles. The highest BCUT2D eigenvalue weighted by Crippen LogP contribution is 2.41. The van der Waals surface area contributed by atoms with E-state index in [9.17, 15) is 22.8 Å². The maximum Gasteiger partial charge on any atom is 0.416 e. The Hall–Kier alpha value is -2.59. The number of carboxylic acid groups (broad SMARTS) is 1. The van der Waals surface area contributed by atoms with Gasteiger partial charge in [0, 0.05) is 37.4 Å². The molecule has 2 aromatic rings. The van der Waals surface area contributed by atoms with Crippen LogP contribution in [0.1, 0.15) is 40.9 Å². The predicted octanol–water partition coefficient (Wildman–Crippen LogP) is 4.21. The first kappa shape index (κ1) is 22.6. The second-order valence-electron chi connectivity index (χ2n) is 8.48. The Labute approximate surface area is 187 Å². The van der Waals surface area contributed by atoms with Crippen LogP contribution < -0.4 is 0 Å². The van der Waals surface area contributed by atoms with Gasteiger partial charge in [-0.15, -0.1) is 0 Å². The fourth-order valence-electron chi connectivity index (χ4n) is 4.53. The van der Waals surface area contributed by atoms with Crippen molar-refractivity contribution in [2.24, 2.45) is 5.41 Å². The van der Waals surface area contributed by atoms with Crippen molar-refractivity contribution in [2.75, 3.05) is 26.2 Å². The molecule has 2 aliphatic rings. The highest BCUT2D eigenvalue weighted by Gasteiger charge is 2.41. The maximum absolute atomic E-state index is 12.8. The lowest BCUT2D eigenvalue weighted by atomic mass is 9.78. The molecule has 172 valence electrons. The molecule has 11 heteroatoms. The summed E-state index contributed by atoms with van der Waals surface area (Å²) in [4.78, 5) is 27.4. The van der Waals surface area contributed by atoms with Gasteiger partial charge in [0.1, 0.15) is 0 Å². The molecule has 1 spiro atoms. The second-order valence-corrected chi connectivity index (χ2v) is 8.89. The Morgan fingerprint density at radius 3 is 2.41 bits per heavy atom. The van der Waals surface area contributed by atoms with E-state index in [1.807, 2.05) is 0 Å². The molecule has 0 radical (unpaired) electrons. The van der Waals surface area contributed by atoms with Gasteiger partial charge in [0.05, 0.1) is 5.56 Å². The number of carbonyl (C=O) groups is 2. The smallest absolute Gasteiger partial charge is 0.416 e. The minimum Gasteiger partial charge on any atom is -0.476 e. The fourth-order valence-corrected chi connectivity index (χ4v) is 4.77. The number of halogens is 4. The predicted molar refractivity (Wildman–Crippen MR) is 110 cm³/mol. The molecule has 2 aliphatic heterocycles. The molecule has 1 amide bonds. The molecule has 0 atom stereocenters. The zero-order valence-electron chi connectivity index (χ0n) is 17.1. The summed E-state index contributed by atoms with van der Waals surface area (Å²) in [6.07, 6.45) is -0.539. The number of carboxylic acids is 1. The molecule has 4 rings (SSSR count). The summed E-state index contributed by atoms with van der Waals surface area (Å²) in [7, 11) is 0. The van der Waals surface area contributed by atoms with Gasteiger partial charge in [-0.1, -0.05) is 17.7 Å². The van der Waals surface area contributed by atoms with E-state index in [-0.39, 0.29) is 22.2 Å². The van der Waals surface area contributed by atoms with E-state index in [4.69, 9.17) is 16.7 Å². The van der Waals surface area contributed by atoms with Crippen molar-refractivity contribution in [2.45, 2.75) is 32.0 Å². The zero-order chi connectivity index (χ0) is 23.1. The van der Waals surface area contributed by atoms with Crippen molar-refractivity contribution in [1.29, 1.82) is 0 Å². The Bertz CT molecular complexity index is 1030. The molecule has 0 aliphatic carbocycles. The van der Waals surface area contributed by atoms with Gasteiger partial charge in [0.25, 0.3) is 0 Å². The first-order valence-corrected chi connectivity index (χ1v) is 10.6. The van der Waals surface area contributed by atoms with Gasteiger partial charge in [-0.25, -0.2) is 9.59 Å².